The minimum Gasteiger partial charge on any atom is -0.548 e. The highest BCUT2D eigenvalue weighted by atomic mass is 16.4. The van der Waals surface area contributed by atoms with Crippen LogP contribution in [0.2, 0.25) is 0 Å². The van der Waals surface area contributed by atoms with Crippen molar-refractivity contribution in [2.24, 2.45) is 35.5 Å². The Kier molecular flexibility index (Phi) is 3.30. The number of allylic oxidation sites excluding steroid dienone is 2. The Balaban J connectivity index is 1.72. The number of hydrogen-bond donors (Lipinski definition) is 0. The quantitative estimate of drug-likeness (QED) is 0.359. The van der Waals surface area contributed by atoms with Crippen LogP contribution in [0.4, 0.5) is 0 Å². The van der Waals surface area contributed by atoms with Crippen LogP contribution in [-0.2, 0) is 28.8 Å². The first-order valence-corrected chi connectivity index (χ1v) is 8.02. The molecule has 0 radical (unpaired) electrons. The Morgan fingerprint density at radius 1 is 0.692 bits per heavy atom. The van der Waals surface area contributed by atoms with E-state index in [2.05, 4.69) is 0 Å². The number of likely N-dealkylation sites (tertiary alicyclic amines) is 2. The number of carboxylic acids is 2. The van der Waals surface area contributed by atoms with E-state index in [1.165, 1.54) is 0 Å². The SMILES string of the molecule is O=C([O-])CN1C(=O)[C@@H]2C3C=CC([C@H]2C1=O)[C@@H]1C(=O)N(CC(=O)[O-])C(=O)[C@H]31. The molecule has 0 N–H and O–H groups in total. The zero-order valence-electron chi connectivity index (χ0n) is 13.2. The molecule has 2 unspecified atom stereocenters. The Morgan fingerprint density at radius 2 is 0.962 bits per heavy atom. The summed E-state index contributed by atoms with van der Waals surface area (Å²) in [6.45, 7) is -1.75. The lowest BCUT2D eigenvalue weighted by atomic mass is 9.54. The van der Waals surface area contributed by atoms with Crippen molar-refractivity contribution in [2.75, 3.05) is 13.1 Å². The molecule has 0 aromatic rings. The summed E-state index contributed by atoms with van der Waals surface area (Å²) >= 11 is 0. The van der Waals surface area contributed by atoms with Gasteiger partial charge in [-0.3, -0.25) is 29.0 Å². The van der Waals surface area contributed by atoms with Crippen LogP contribution in [0.15, 0.2) is 12.2 Å². The van der Waals surface area contributed by atoms with Gasteiger partial charge in [-0.15, -0.1) is 0 Å². The van der Waals surface area contributed by atoms with E-state index < -0.39 is 84.2 Å². The molecular weight excluding hydrogens is 348 g/mol. The van der Waals surface area contributed by atoms with Crippen LogP contribution >= 0.6 is 0 Å². The second kappa shape index (κ2) is 5.23. The maximum Gasteiger partial charge on any atom is 0.234 e. The molecule has 1 saturated carbocycles. The molecule has 5 rings (SSSR count). The van der Waals surface area contributed by atoms with Crippen LogP contribution in [0.25, 0.3) is 0 Å². The topological polar surface area (TPSA) is 155 Å². The number of imide groups is 2. The number of carbonyl (C=O) groups excluding carboxylic acids is 6. The minimum atomic E-state index is -1.59. The van der Waals surface area contributed by atoms with Gasteiger partial charge in [-0.2, -0.15) is 0 Å². The van der Waals surface area contributed by atoms with Gasteiger partial charge in [0.2, 0.25) is 23.6 Å². The molecule has 0 aromatic heterocycles. The maximum atomic E-state index is 12.6. The third kappa shape index (κ3) is 1.92. The molecule has 10 heteroatoms. The average molecular weight is 360 g/mol. The Labute approximate surface area is 146 Å². The summed E-state index contributed by atoms with van der Waals surface area (Å²) in [4.78, 5) is 73.2. The molecule has 3 fully saturated rings. The summed E-state index contributed by atoms with van der Waals surface area (Å²) in [5, 5.41) is 21.7. The van der Waals surface area contributed by atoms with Gasteiger partial charge in [0, 0.05) is 11.8 Å². The highest BCUT2D eigenvalue weighted by Crippen LogP contribution is 2.57. The third-order valence-electron chi connectivity index (χ3n) is 5.77. The molecule has 10 nitrogen and oxygen atoms in total. The van der Waals surface area contributed by atoms with Gasteiger partial charge in [0.1, 0.15) is 0 Å². The number of carbonyl (C=O) groups is 6. The Bertz CT molecular complexity index is 707. The van der Waals surface area contributed by atoms with Gasteiger partial charge in [-0.05, 0) is 0 Å². The van der Waals surface area contributed by atoms with Crippen LogP contribution in [0, 0.1) is 35.5 Å². The van der Waals surface area contributed by atoms with E-state index in [1.807, 2.05) is 0 Å². The number of amides is 4. The van der Waals surface area contributed by atoms with Crippen LogP contribution in [0.3, 0.4) is 0 Å². The largest absolute Gasteiger partial charge is 0.548 e. The summed E-state index contributed by atoms with van der Waals surface area (Å²) < 4.78 is 0. The molecule has 5 aliphatic rings. The van der Waals surface area contributed by atoms with E-state index >= 15 is 0 Å². The van der Waals surface area contributed by atoms with Gasteiger partial charge in [0.05, 0.1) is 48.7 Å². The van der Waals surface area contributed by atoms with E-state index in [4.69, 9.17) is 0 Å². The number of nitrogens with zero attached hydrogens (tertiary/aromatic N) is 2. The fourth-order valence-electron chi connectivity index (χ4n) is 4.92. The molecule has 136 valence electrons. The minimum absolute atomic E-state index is 0.604. The highest BCUT2D eigenvalue weighted by Gasteiger charge is 2.68. The zero-order valence-corrected chi connectivity index (χ0v) is 13.2. The summed E-state index contributed by atoms with van der Waals surface area (Å²) in [7, 11) is 0. The molecule has 2 aliphatic heterocycles. The van der Waals surface area contributed by atoms with Crippen molar-refractivity contribution >= 4 is 35.6 Å². The van der Waals surface area contributed by atoms with Crippen molar-refractivity contribution in [1.82, 2.24) is 9.80 Å². The van der Waals surface area contributed by atoms with Gasteiger partial charge in [0.15, 0.2) is 0 Å². The molecule has 4 amide bonds. The lowest BCUT2D eigenvalue weighted by molar-refractivity contribution is -0.306. The first-order valence-electron chi connectivity index (χ1n) is 8.02. The van der Waals surface area contributed by atoms with E-state index in [1.54, 1.807) is 12.2 Å². The van der Waals surface area contributed by atoms with Crippen molar-refractivity contribution in [3.63, 3.8) is 0 Å². The smallest absolute Gasteiger partial charge is 0.234 e. The molecule has 26 heavy (non-hydrogen) atoms. The lowest BCUT2D eigenvalue weighted by Crippen LogP contribution is -2.50. The first-order chi connectivity index (χ1) is 12.2. The Hall–Kier alpha value is -3.04. The predicted molar refractivity (Wildman–Crippen MR) is 73.5 cm³/mol. The maximum absolute atomic E-state index is 12.6. The summed E-state index contributed by atoms with van der Waals surface area (Å²) in [5.41, 5.74) is 0. The molecule has 6 atom stereocenters. The van der Waals surface area contributed by atoms with Crippen molar-refractivity contribution in [1.29, 1.82) is 0 Å². The molecular formula is C16H12N2O8-2. The van der Waals surface area contributed by atoms with E-state index in [9.17, 15) is 39.0 Å². The number of carboxylic acid groups (broad SMARTS) is 2. The van der Waals surface area contributed by atoms with Crippen molar-refractivity contribution in [2.45, 2.75) is 0 Å². The van der Waals surface area contributed by atoms with Gasteiger partial charge in [0.25, 0.3) is 0 Å². The second-order valence-electron chi connectivity index (χ2n) is 6.91. The summed E-state index contributed by atoms with van der Waals surface area (Å²) in [5.74, 6) is -11.3. The monoisotopic (exact) mass is 360 g/mol. The van der Waals surface area contributed by atoms with Crippen LogP contribution in [0.1, 0.15) is 0 Å². The standard InChI is InChI=1S/C16H14N2O8/c19-7(20)3-17-13(23)9-5-1-2-6(11(9)15(17)25)12-10(5)14(24)18(16(12)26)4-8(21)22/h1-2,5-6,9-12H,3-4H2,(H,19,20)(H,21,22)/p-2/t5?,6?,9-,10-,11-,12+/m1/s1. The van der Waals surface area contributed by atoms with Crippen molar-refractivity contribution < 1.29 is 39.0 Å². The molecule has 0 spiro atoms. The number of rotatable bonds is 4. The second-order valence-corrected chi connectivity index (χ2v) is 6.91. The van der Waals surface area contributed by atoms with E-state index in [0.29, 0.717) is 9.80 Å². The van der Waals surface area contributed by atoms with Crippen LogP contribution < -0.4 is 10.2 Å². The normalized spacial score (nSPS) is 37.4. The van der Waals surface area contributed by atoms with Crippen molar-refractivity contribution in [3.05, 3.63) is 12.2 Å². The lowest BCUT2D eigenvalue weighted by Gasteiger charge is -2.44. The molecule has 3 aliphatic carbocycles. The molecule has 2 bridgehead atoms. The molecule has 0 aromatic carbocycles. The fourth-order valence-corrected chi connectivity index (χ4v) is 4.92. The Morgan fingerprint density at radius 3 is 1.19 bits per heavy atom. The molecule has 2 saturated heterocycles. The first kappa shape index (κ1) is 16.4. The van der Waals surface area contributed by atoms with E-state index in [0.717, 1.165) is 0 Å². The van der Waals surface area contributed by atoms with Gasteiger partial charge >= 0.3 is 0 Å². The third-order valence-corrected chi connectivity index (χ3v) is 5.77. The van der Waals surface area contributed by atoms with Gasteiger partial charge in [-0.1, -0.05) is 12.2 Å². The predicted octanol–water partition coefficient (Wildman–Crippen LogP) is -4.50. The highest BCUT2D eigenvalue weighted by molar-refractivity contribution is 6.12. The van der Waals surface area contributed by atoms with Gasteiger partial charge in [-0.25, -0.2) is 0 Å². The average Bonchev–Trinajstić information content (AvgIpc) is 2.98. The van der Waals surface area contributed by atoms with Crippen molar-refractivity contribution in [3.8, 4) is 0 Å². The summed E-state index contributed by atoms with van der Waals surface area (Å²) in [6.07, 6.45) is 3.18. The van der Waals surface area contributed by atoms with Gasteiger partial charge < -0.3 is 19.8 Å². The zero-order chi connectivity index (χ0) is 18.9. The fraction of sp³-hybridized carbons (Fsp3) is 0.500. The number of aliphatic carboxylic acids is 2. The van der Waals surface area contributed by atoms with E-state index in [-0.39, 0.29) is 0 Å². The molecule has 2 heterocycles. The van der Waals surface area contributed by atoms with Crippen LogP contribution in [0.5, 0.6) is 0 Å². The summed E-state index contributed by atoms with van der Waals surface area (Å²) in [6, 6.07) is 0. The number of hydrogen-bond acceptors (Lipinski definition) is 8. The van der Waals surface area contributed by atoms with Crippen LogP contribution in [-0.4, -0.2) is 58.5 Å².